The Kier molecular flexibility index (Phi) is 2.83. The topological polar surface area (TPSA) is 30.2 Å². The van der Waals surface area contributed by atoms with Crippen molar-refractivity contribution in [1.29, 1.82) is 0 Å². The minimum Gasteiger partial charge on any atom is -0.276 e. The molecule has 3 aromatic rings. The molecule has 2 heterocycles. The van der Waals surface area contributed by atoms with Crippen LogP contribution in [0.1, 0.15) is 5.56 Å². The van der Waals surface area contributed by atoms with Gasteiger partial charge in [-0.05, 0) is 50.8 Å². The van der Waals surface area contributed by atoms with Gasteiger partial charge in [0, 0.05) is 6.20 Å². The van der Waals surface area contributed by atoms with E-state index < -0.39 is 6.67 Å². The van der Waals surface area contributed by atoms with Gasteiger partial charge in [0.1, 0.15) is 6.67 Å². The first-order valence-corrected chi connectivity index (χ1v) is 6.23. The normalized spacial score (nSPS) is 11.0. The molecule has 0 N–H and O–H groups in total. The van der Waals surface area contributed by atoms with Crippen molar-refractivity contribution in [2.24, 2.45) is 0 Å². The predicted molar refractivity (Wildman–Crippen MR) is 70.9 cm³/mol. The second-order valence-electron chi connectivity index (χ2n) is 3.95. The molecule has 3 nitrogen and oxygen atoms in total. The van der Waals surface area contributed by atoms with Crippen molar-refractivity contribution < 1.29 is 4.39 Å². The van der Waals surface area contributed by atoms with Crippen molar-refractivity contribution in [3.63, 3.8) is 0 Å². The third-order valence-electron chi connectivity index (χ3n) is 2.78. The molecule has 2 aromatic heterocycles. The van der Waals surface area contributed by atoms with Gasteiger partial charge in [-0.1, -0.05) is 18.2 Å². The minimum absolute atomic E-state index is 0.452. The van der Waals surface area contributed by atoms with Crippen molar-refractivity contribution >= 4 is 21.6 Å². The van der Waals surface area contributed by atoms with Gasteiger partial charge in [0.15, 0.2) is 5.65 Å². The average Bonchev–Trinajstić information content (AvgIpc) is 2.80. The molecule has 0 aliphatic carbocycles. The van der Waals surface area contributed by atoms with E-state index in [9.17, 15) is 4.39 Å². The molecule has 0 aliphatic heterocycles. The molecule has 0 saturated carbocycles. The van der Waals surface area contributed by atoms with Crippen LogP contribution < -0.4 is 0 Å². The summed E-state index contributed by atoms with van der Waals surface area (Å²) in [7, 11) is 0. The fourth-order valence-corrected chi connectivity index (χ4v) is 2.23. The number of fused-ring (bicyclic) bond motifs is 1. The van der Waals surface area contributed by atoms with E-state index in [0.29, 0.717) is 10.3 Å². The molecule has 0 radical (unpaired) electrons. The molecule has 0 aliphatic rings. The molecule has 18 heavy (non-hydrogen) atoms. The number of hydrogen-bond acceptors (Lipinski definition) is 2. The van der Waals surface area contributed by atoms with E-state index in [1.807, 2.05) is 40.9 Å². The summed E-state index contributed by atoms with van der Waals surface area (Å²) >= 11 is 3.33. The van der Waals surface area contributed by atoms with Crippen LogP contribution >= 0.6 is 15.9 Å². The highest BCUT2D eigenvalue weighted by Gasteiger charge is 2.05. The smallest absolute Gasteiger partial charge is 0.204 e. The average molecular weight is 306 g/mol. The summed E-state index contributed by atoms with van der Waals surface area (Å²) in [4.78, 5) is 0. The number of halogens is 2. The first-order valence-electron chi connectivity index (χ1n) is 5.43. The Labute approximate surface area is 111 Å². The number of hydrogen-bond donors (Lipinski definition) is 0. The molecule has 0 fully saturated rings. The number of pyridine rings is 1. The van der Waals surface area contributed by atoms with Crippen LogP contribution in [0.3, 0.4) is 0 Å². The summed E-state index contributed by atoms with van der Waals surface area (Å²) < 4.78 is 15.2. The summed E-state index contributed by atoms with van der Waals surface area (Å²) in [6.45, 7) is -0.452. The summed E-state index contributed by atoms with van der Waals surface area (Å²) in [5.41, 5.74) is 3.42. The number of alkyl halides is 1. The van der Waals surface area contributed by atoms with Crippen LogP contribution in [0.25, 0.3) is 16.8 Å². The molecule has 0 saturated heterocycles. The zero-order chi connectivity index (χ0) is 12.5. The van der Waals surface area contributed by atoms with Crippen LogP contribution in [0.15, 0.2) is 47.3 Å². The second kappa shape index (κ2) is 4.49. The predicted octanol–water partition coefficient (Wildman–Crippen LogP) is 3.63. The highest BCUT2D eigenvalue weighted by Crippen LogP contribution is 2.22. The quantitative estimate of drug-likeness (QED) is 0.724. The number of rotatable bonds is 2. The van der Waals surface area contributed by atoms with Gasteiger partial charge >= 0.3 is 0 Å². The first-order chi connectivity index (χ1) is 8.78. The lowest BCUT2D eigenvalue weighted by atomic mass is 10.1. The van der Waals surface area contributed by atoms with Gasteiger partial charge < -0.3 is 0 Å². The molecule has 1 aromatic carbocycles. The maximum atomic E-state index is 12.7. The third-order valence-corrected chi connectivity index (χ3v) is 3.32. The molecule has 0 unspecified atom stereocenters. The molecule has 0 amide bonds. The molecule has 0 bridgehead atoms. The summed E-state index contributed by atoms with van der Waals surface area (Å²) in [5, 5.41) is 7.93. The van der Waals surface area contributed by atoms with Gasteiger partial charge in [-0.2, -0.15) is 0 Å². The van der Waals surface area contributed by atoms with Crippen molar-refractivity contribution in [3.05, 3.63) is 52.9 Å². The maximum Gasteiger partial charge on any atom is 0.204 e. The van der Waals surface area contributed by atoms with E-state index in [2.05, 4.69) is 26.1 Å². The van der Waals surface area contributed by atoms with Crippen LogP contribution in [0.4, 0.5) is 4.39 Å². The lowest BCUT2D eigenvalue weighted by molar-refractivity contribution is 0.485. The highest BCUT2D eigenvalue weighted by atomic mass is 79.9. The Morgan fingerprint density at radius 1 is 1.11 bits per heavy atom. The van der Waals surface area contributed by atoms with Gasteiger partial charge in [0.05, 0.1) is 0 Å². The zero-order valence-corrected chi connectivity index (χ0v) is 10.9. The van der Waals surface area contributed by atoms with Crippen LogP contribution in [0, 0.1) is 0 Å². The van der Waals surface area contributed by atoms with Crippen molar-refractivity contribution in [1.82, 2.24) is 14.6 Å². The number of aromatic nitrogens is 3. The van der Waals surface area contributed by atoms with Crippen LogP contribution in [0.2, 0.25) is 0 Å². The summed E-state index contributed by atoms with van der Waals surface area (Å²) in [6.07, 6.45) is 1.93. The van der Waals surface area contributed by atoms with Gasteiger partial charge in [-0.3, -0.25) is 4.40 Å². The molecule has 0 atom stereocenters. The van der Waals surface area contributed by atoms with Crippen LogP contribution in [0.5, 0.6) is 0 Å². The van der Waals surface area contributed by atoms with E-state index in [0.717, 1.165) is 16.8 Å². The van der Waals surface area contributed by atoms with E-state index in [-0.39, 0.29) is 0 Å². The Balaban J connectivity index is 2.15. The highest BCUT2D eigenvalue weighted by molar-refractivity contribution is 9.10. The molecule has 5 heteroatoms. The van der Waals surface area contributed by atoms with Gasteiger partial charge in [0.2, 0.25) is 4.73 Å². The van der Waals surface area contributed by atoms with Crippen molar-refractivity contribution in [3.8, 4) is 11.1 Å². The lowest BCUT2D eigenvalue weighted by Crippen LogP contribution is -1.88. The van der Waals surface area contributed by atoms with Gasteiger partial charge in [-0.25, -0.2) is 4.39 Å². The van der Waals surface area contributed by atoms with Gasteiger partial charge in [0.25, 0.3) is 0 Å². The number of benzene rings is 1. The lowest BCUT2D eigenvalue weighted by Gasteiger charge is -2.04. The van der Waals surface area contributed by atoms with E-state index >= 15 is 0 Å². The summed E-state index contributed by atoms with van der Waals surface area (Å²) in [6, 6.07) is 11.3. The Bertz CT molecular complexity index is 708. The SMILES string of the molecule is FCc1cccc(-c2ccc3nnc(Br)n3c2)c1. The van der Waals surface area contributed by atoms with E-state index in [1.165, 1.54) is 0 Å². The molecule has 0 spiro atoms. The van der Waals surface area contributed by atoms with Crippen LogP contribution in [-0.4, -0.2) is 14.6 Å². The van der Waals surface area contributed by atoms with E-state index in [1.54, 1.807) is 6.07 Å². The van der Waals surface area contributed by atoms with Crippen LogP contribution in [-0.2, 0) is 6.67 Å². The molecule has 90 valence electrons. The van der Waals surface area contributed by atoms with Crippen molar-refractivity contribution in [2.45, 2.75) is 6.67 Å². The Hall–Kier alpha value is -1.75. The van der Waals surface area contributed by atoms with Gasteiger partial charge in [-0.15, -0.1) is 10.2 Å². The Morgan fingerprint density at radius 3 is 2.83 bits per heavy atom. The van der Waals surface area contributed by atoms with E-state index in [4.69, 9.17) is 0 Å². The molecule has 3 rings (SSSR count). The largest absolute Gasteiger partial charge is 0.276 e. The monoisotopic (exact) mass is 305 g/mol. The fraction of sp³-hybridized carbons (Fsp3) is 0.0769. The fourth-order valence-electron chi connectivity index (χ4n) is 1.87. The number of nitrogens with zero attached hydrogens (tertiary/aromatic N) is 3. The third kappa shape index (κ3) is 1.90. The zero-order valence-electron chi connectivity index (χ0n) is 9.35. The summed E-state index contributed by atoms with van der Waals surface area (Å²) in [5.74, 6) is 0. The molecular weight excluding hydrogens is 297 g/mol. The Morgan fingerprint density at radius 2 is 2.00 bits per heavy atom. The maximum absolute atomic E-state index is 12.7. The van der Waals surface area contributed by atoms with Crippen molar-refractivity contribution in [2.75, 3.05) is 0 Å². The standard InChI is InChI=1S/C13H9BrFN3/c14-13-17-16-12-5-4-11(8-18(12)13)10-3-1-2-9(6-10)7-15/h1-6,8H,7H2. The molecular formula is C13H9BrFN3. The first kappa shape index (κ1) is 11.3. The second-order valence-corrected chi connectivity index (χ2v) is 4.66. The minimum atomic E-state index is -0.452.